The second-order valence-corrected chi connectivity index (χ2v) is 16.5. The van der Waals surface area contributed by atoms with Crippen LogP contribution in [0.5, 0.6) is 0 Å². The molecule has 2 rings (SSSR count). The van der Waals surface area contributed by atoms with E-state index in [-0.39, 0.29) is 0 Å². The Balaban J connectivity index is 1.81. The standard InChI is InChI=1S/2C8H10N2OS2.Sn/c2*1-6-3-4-7(11-6)5-9-10-8(12)13-2;/h2*3-5H,1-2H3,(H,10,12);/q;;+2/p-2/b2*9-5+;. The number of thioether (sulfide) groups is 2. The summed E-state index contributed by atoms with van der Waals surface area (Å²) in [4.78, 5) is 0. The molecule has 0 aliphatic heterocycles. The molecule has 0 spiro atoms. The third-order valence-corrected chi connectivity index (χ3v) is 16.4. The minimum atomic E-state index is -0.837. The molecule has 2 aromatic heterocycles. The van der Waals surface area contributed by atoms with Gasteiger partial charge in [-0.3, -0.25) is 0 Å². The molecular weight excluding hydrogens is 527 g/mol. The zero-order chi connectivity index (χ0) is 19.5. The van der Waals surface area contributed by atoms with Crippen LogP contribution < -0.4 is 0 Å². The minimum absolute atomic E-state index is 0.706. The van der Waals surface area contributed by atoms with Crippen molar-refractivity contribution < 1.29 is 8.83 Å². The molecule has 0 unspecified atom stereocenters. The SMILES string of the molecule is CS/C(=N/N=C/c1ccc(C)o1)[S][Sn][S]/C(=N\N=C\c1ccc(C)o1)SC. The Bertz CT molecular complexity index is 777. The van der Waals surface area contributed by atoms with Crippen LogP contribution in [-0.2, 0) is 0 Å². The molecule has 0 aliphatic carbocycles. The number of aryl methyl sites for hydroxylation is 2. The van der Waals surface area contributed by atoms with Crippen LogP contribution in [0.1, 0.15) is 23.0 Å². The molecule has 0 fully saturated rings. The van der Waals surface area contributed by atoms with E-state index in [2.05, 4.69) is 20.4 Å². The Morgan fingerprint density at radius 2 is 1.26 bits per heavy atom. The van der Waals surface area contributed by atoms with Crippen molar-refractivity contribution in [2.45, 2.75) is 13.8 Å². The zero-order valence-electron chi connectivity index (χ0n) is 15.2. The van der Waals surface area contributed by atoms with E-state index in [1.807, 2.05) is 50.6 Å². The monoisotopic (exact) mass is 546 g/mol. The molecule has 0 N–H and O–H groups in total. The van der Waals surface area contributed by atoms with Crippen molar-refractivity contribution in [2.75, 3.05) is 12.5 Å². The number of rotatable bonds is 6. The van der Waals surface area contributed by atoms with Crippen molar-refractivity contribution in [1.29, 1.82) is 0 Å². The van der Waals surface area contributed by atoms with Gasteiger partial charge in [-0.05, 0) is 0 Å². The van der Waals surface area contributed by atoms with Gasteiger partial charge in [-0.15, -0.1) is 0 Å². The van der Waals surface area contributed by atoms with Crippen molar-refractivity contribution in [1.82, 2.24) is 0 Å². The second-order valence-electron chi connectivity index (χ2n) is 4.81. The molecule has 27 heavy (non-hydrogen) atoms. The average Bonchev–Trinajstić information content (AvgIpc) is 3.26. The van der Waals surface area contributed by atoms with E-state index in [0.717, 1.165) is 20.3 Å². The maximum absolute atomic E-state index is 5.43. The summed E-state index contributed by atoms with van der Waals surface area (Å²) in [7, 11) is 3.55. The molecule has 0 amide bonds. The van der Waals surface area contributed by atoms with E-state index < -0.39 is 18.4 Å². The van der Waals surface area contributed by atoms with Gasteiger partial charge in [0.25, 0.3) is 0 Å². The zero-order valence-corrected chi connectivity index (χ0v) is 21.3. The van der Waals surface area contributed by atoms with Gasteiger partial charge in [0.05, 0.1) is 0 Å². The van der Waals surface area contributed by atoms with E-state index in [4.69, 9.17) is 8.83 Å². The van der Waals surface area contributed by atoms with Crippen molar-refractivity contribution >= 4 is 81.0 Å². The fourth-order valence-corrected chi connectivity index (χ4v) is 17.3. The molecule has 2 radical (unpaired) electrons. The molecule has 0 saturated carbocycles. The maximum atomic E-state index is 5.43. The number of hydrogen-bond acceptors (Lipinski definition) is 10. The first-order valence-corrected chi connectivity index (χ1v) is 18.7. The quantitative estimate of drug-likeness (QED) is 0.213. The number of nitrogens with zero attached hydrogens (tertiary/aromatic N) is 4. The topological polar surface area (TPSA) is 75.7 Å². The van der Waals surface area contributed by atoms with Crippen molar-refractivity contribution in [3.8, 4) is 0 Å². The van der Waals surface area contributed by atoms with Gasteiger partial charge in [0, 0.05) is 0 Å². The summed E-state index contributed by atoms with van der Waals surface area (Å²) in [5, 5.41) is 16.7. The second kappa shape index (κ2) is 12.8. The van der Waals surface area contributed by atoms with Crippen LogP contribution in [0.25, 0.3) is 0 Å². The fourth-order valence-electron chi connectivity index (χ4n) is 1.61. The summed E-state index contributed by atoms with van der Waals surface area (Å²) < 4.78 is 12.8. The van der Waals surface area contributed by atoms with E-state index in [9.17, 15) is 0 Å². The summed E-state index contributed by atoms with van der Waals surface area (Å²) in [5.41, 5.74) is 0. The van der Waals surface area contributed by atoms with Crippen LogP contribution in [0.3, 0.4) is 0 Å². The third kappa shape index (κ3) is 8.98. The summed E-state index contributed by atoms with van der Waals surface area (Å²) in [6.07, 6.45) is 7.26. The van der Waals surface area contributed by atoms with Gasteiger partial charge >= 0.3 is 184 Å². The summed E-state index contributed by atoms with van der Waals surface area (Å²) >= 11 is 2.35. The first kappa shape index (κ1) is 22.7. The average molecular weight is 545 g/mol. The van der Waals surface area contributed by atoms with Gasteiger partial charge in [0.15, 0.2) is 0 Å². The van der Waals surface area contributed by atoms with Gasteiger partial charge in [0.1, 0.15) is 0 Å². The molecule has 0 bridgehead atoms. The van der Waals surface area contributed by atoms with Crippen LogP contribution in [0.2, 0.25) is 0 Å². The van der Waals surface area contributed by atoms with Crippen molar-refractivity contribution in [3.63, 3.8) is 0 Å². The molecule has 0 aromatic carbocycles. The van der Waals surface area contributed by atoms with E-state index in [0.29, 0.717) is 11.5 Å². The Kier molecular flexibility index (Phi) is 10.8. The van der Waals surface area contributed by atoms with Crippen molar-refractivity contribution in [2.24, 2.45) is 20.4 Å². The normalized spacial score (nSPS) is 13.3. The van der Waals surface area contributed by atoms with Crippen LogP contribution in [0.15, 0.2) is 53.5 Å². The van der Waals surface area contributed by atoms with E-state index >= 15 is 0 Å². The molecule has 2 aromatic rings. The number of hydrogen-bond donors (Lipinski definition) is 0. The summed E-state index contributed by atoms with van der Waals surface area (Å²) in [6, 6.07) is 7.55. The van der Waals surface area contributed by atoms with Gasteiger partial charge in [-0.1, -0.05) is 0 Å². The third-order valence-electron chi connectivity index (χ3n) is 2.78. The summed E-state index contributed by atoms with van der Waals surface area (Å²) in [6.45, 7) is 3.80. The molecule has 6 nitrogen and oxygen atoms in total. The van der Waals surface area contributed by atoms with Crippen LogP contribution in [0.4, 0.5) is 0 Å². The summed E-state index contributed by atoms with van der Waals surface area (Å²) in [5.74, 6) is 3.13. The Morgan fingerprint density at radius 1 is 0.815 bits per heavy atom. The van der Waals surface area contributed by atoms with Gasteiger partial charge in [-0.2, -0.15) is 0 Å². The predicted molar refractivity (Wildman–Crippen MR) is 125 cm³/mol. The number of furan rings is 2. The first-order chi connectivity index (χ1) is 13.1. The Morgan fingerprint density at radius 3 is 1.59 bits per heavy atom. The van der Waals surface area contributed by atoms with Crippen molar-refractivity contribution in [3.05, 3.63) is 47.3 Å². The first-order valence-electron chi connectivity index (χ1n) is 7.62. The van der Waals surface area contributed by atoms with E-state index in [1.54, 1.807) is 53.8 Å². The van der Waals surface area contributed by atoms with Gasteiger partial charge < -0.3 is 0 Å². The Hall–Kier alpha value is -0.561. The Labute approximate surface area is 182 Å². The van der Waals surface area contributed by atoms with Gasteiger partial charge in [0.2, 0.25) is 0 Å². The van der Waals surface area contributed by atoms with E-state index in [1.165, 1.54) is 0 Å². The molecule has 0 aliphatic rings. The van der Waals surface area contributed by atoms with Crippen LogP contribution >= 0.6 is 41.4 Å². The molecule has 2 heterocycles. The van der Waals surface area contributed by atoms with Gasteiger partial charge in [-0.25, -0.2) is 0 Å². The van der Waals surface area contributed by atoms with Crippen LogP contribution in [-0.4, -0.2) is 52.1 Å². The molecule has 0 saturated heterocycles. The molecular formula is C16H18N4O2S4Sn. The molecule has 11 heteroatoms. The van der Waals surface area contributed by atoms with Crippen LogP contribution in [0, 0.1) is 13.8 Å². The molecule has 142 valence electrons. The fraction of sp³-hybridized carbons (Fsp3) is 0.250. The molecule has 0 atom stereocenters. The predicted octanol–water partition coefficient (Wildman–Crippen LogP) is 5.30.